The molecule has 2 heterocycles. The largest absolute Gasteiger partial charge is 0.480 e. The van der Waals surface area contributed by atoms with Gasteiger partial charge in [-0.15, -0.1) is 11.8 Å². The van der Waals surface area contributed by atoms with E-state index in [9.17, 15) is 29.1 Å². The Bertz CT molecular complexity index is 1430. The lowest BCUT2D eigenvalue weighted by molar-refractivity contribution is -0.151. The molecule has 5 aliphatic rings. The third kappa shape index (κ3) is 8.79. The van der Waals surface area contributed by atoms with Gasteiger partial charge in [-0.25, -0.2) is 4.79 Å². The van der Waals surface area contributed by atoms with Crippen molar-refractivity contribution in [3.05, 3.63) is 53.1 Å². The number of aliphatic carboxylic acids is 2. The highest BCUT2D eigenvalue weighted by atomic mass is 32.2. The molecule has 14 heteroatoms. The van der Waals surface area contributed by atoms with Crippen LogP contribution in [0.2, 0.25) is 0 Å². The molecule has 254 valence electrons. The average molecular weight is 671 g/mol. The summed E-state index contributed by atoms with van der Waals surface area (Å²) in [7, 11) is 0. The second kappa shape index (κ2) is 15.4. The predicted octanol–water partition coefficient (Wildman–Crippen LogP) is 1.90. The molecule has 1 aromatic rings. The molecule has 1 aromatic heterocycles. The number of allylic oxidation sites excluding steroid dienone is 1. The van der Waals surface area contributed by atoms with Crippen molar-refractivity contribution in [1.82, 2.24) is 15.6 Å². The van der Waals surface area contributed by atoms with Crippen LogP contribution in [0.15, 0.2) is 47.5 Å². The van der Waals surface area contributed by atoms with Gasteiger partial charge in [-0.1, -0.05) is 37.3 Å². The number of hydrogen-bond acceptors (Lipinski definition) is 10. The van der Waals surface area contributed by atoms with Crippen LogP contribution in [0.4, 0.5) is 0 Å². The number of carbonyl (C=O) groups excluding carboxylic acids is 3. The summed E-state index contributed by atoms with van der Waals surface area (Å²) in [4.78, 5) is 65.7. The first-order valence-electron chi connectivity index (χ1n) is 16.1. The molecule has 0 aromatic carbocycles. The molecule has 7 N–H and O–H groups in total. The zero-order valence-corrected chi connectivity index (χ0v) is 26.8. The van der Waals surface area contributed by atoms with Crippen LogP contribution < -0.4 is 16.4 Å². The van der Waals surface area contributed by atoms with Gasteiger partial charge in [0.05, 0.1) is 5.25 Å². The van der Waals surface area contributed by atoms with E-state index in [1.54, 1.807) is 12.4 Å². The Morgan fingerprint density at radius 3 is 2.36 bits per heavy atom. The summed E-state index contributed by atoms with van der Waals surface area (Å²) in [5, 5.41) is 32.2. The van der Waals surface area contributed by atoms with Crippen LogP contribution in [0.25, 0.3) is 0 Å². The monoisotopic (exact) mass is 670 g/mol. The molecule has 0 saturated heterocycles. The van der Waals surface area contributed by atoms with E-state index < -0.39 is 48.0 Å². The number of esters is 1. The number of thioether (sulfide) groups is 1. The van der Waals surface area contributed by atoms with E-state index in [0.29, 0.717) is 24.0 Å². The molecule has 0 spiro atoms. The van der Waals surface area contributed by atoms with Crippen LogP contribution in [0.3, 0.4) is 0 Å². The topological polar surface area (TPSA) is 218 Å². The molecule has 6 atom stereocenters. The average Bonchev–Trinajstić information content (AvgIpc) is 3.38. The lowest BCUT2D eigenvalue weighted by Crippen LogP contribution is -2.53. The fraction of sp³-hybridized carbons (Fsp3) is 0.576. The van der Waals surface area contributed by atoms with Crippen molar-refractivity contribution in [2.75, 3.05) is 5.75 Å². The van der Waals surface area contributed by atoms with Crippen LogP contribution >= 0.6 is 11.8 Å². The summed E-state index contributed by atoms with van der Waals surface area (Å²) in [5.41, 5.74) is 8.86. The number of aliphatic hydroxyl groups excluding tert-OH is 1. The molecule has 47 heavy (non-hydrogen) atoms. The molecule has 1 saturated carbocycles. The van der Waals surface area contributed by atoms with Crippen LogP contribution in [-0.4, -0.2) is 79.3 Å². The summed E-state index contributed by atoms with van der Waals surface area (Å²) < 4.78 is 6.08. The normalized spacial score (nSPS) is 27.1. The Kier molecular flexibility index (Phi) is 11.4. The number of hydrogen-bond donors (Lipinski definition) is 6. The minimum Gasteiger partial charge on any atom is -0.480 e. The second-order valence-electron chi connectivity index (χ2n) is 13.0. The quantitative estimate of drug-likeness (QED) is 0.101. The number of nitrogens with one attached hydrogen (secondary N) is 2. The second-order valence-corrected chi connectivity index (χ2v) is 14.2. The first-order chi connectivity index (χ1) is 22.5. The van der Waals surface area contributed by atoms with E-state index in [-0.39, 0.29) is 35.7 Å². The van der Waals surface area contributed by atoms with Crippen molar-refractivity contribution in [2.24, 2.45) is 29.4 Å². The van der Waals surface area contributed by atoms with Gasteiger partial charge in [-0.05, 0) is 73.1 Å². The maximum absolute atomic E-state index is 13.4. The Labute approximate surface area is 276 Å². The number of nitrogens with two attached hydrogens (primary N) is 1. The van der Waals surface area contributed by atoms with Crippen molar-refractivity contribution in [3.63, 3.8) is 0 Å². The third-order valence-electron chi connectivity index (χ3n) is 9.67. The van der Waals surface area contributed by atoms with Gasteiger partial charge in [0.1, 0.15) is 23.8 Å². The van der Waals surface area contributed by atoms with E-state index in [4.69, 9.17) is 20.7 Å². The fourth-order valence-electron chi connectivity index (χ4n) is 7.24. The molecular formula is C33H42N4O9S. The van der Waals surface area contributed by atoms with Crippen molar-refractivity contribution in [2.45, 2.75) is 87.8 Å². The molecule has 0 radical (unpaired) electrons. The first kappa shape index (κ1) is 34.6. The van der Waals surface area contributed by atoms with E-state index in [0.717, 1.165) is 56.1 Å². The highest BCUT2D eigenvalue weighted by molar-refractivity contribution is 8.00. The molecule has 0 unspecified atom stereocenters. The molecule has 13 nitrogen and oxygen atoms in total. The predicted molar refractivity (Wildman–Crippen MR) is 170 cm³/mol. The first-order valence-corrected chi connectivity index (χ1v) is 17.2. The Hall–Kier alpha value is -3.75. The number of carboxylic acids is 2. The number of amides is 2. The Balaban J connectivity index is 1.39. The molecule has 1 fully saturated rings. The fourth-order valence-corrected chi connectivity index (χ4v) is 8.64. The Morgan fingerprint density at radius 2 is 1.70 bits per heavy atom. The van der Waals surface area contributed by atoms with E-state index in [2.05, 4.69) is 10.3 Å². The van der Waals surface area contributed by atoms with E-state index >= 15 is 0 Å². The number of pyridine rings is 1. The highest BCUT2D eigenvalue weighted by Crippen LogP contribution is 2.51. The van der Waals surface area contributed by atoms with Gasteiger partial charge in [0.25, 0.3) is 0 Å². The summed E-state index contributed by atoms with van der Waals surface area (Å²) in [5.74, 6) is -3.58. The van der Waals surface area contributed by atoms with E-state index in [1.165, 1.54) is 17.3 Å². The number of carboxylic acid groups (broad SMARTS) is 2. The number of nitrogens with zero attached hydrogens (tertiary/aromatic N) is 1. The number of aliphatic hydroxyl groups is 1. The molecule has 4 aliphatic carbocycles. The zero-order valence-electron chi connectivity index (χ0n) is 26.0. The zero-order chi connectivity index (χ0) is 33.7. The van der Waals surface area contributed by atoms with Crippen LogP contribution in [0.1, 0.15) is 63.4 Å². The molecular weight excluding hydrogens is 628 g/mol. The summed E-state index contributed by atoms with van der Waals surface area (Å²) in [6.45, 7) is 0. The van der Waals surface area contributed by atoms with Gasteiger partial charge in [0.15, 0.2) is 0 Å². The Morgan fingerprint density at radius 1 is 1.02 bits per heavy atom. The van der Waals surface area contributed by atoms with Crippen molar-refractivity contribution < 1.29 is 44.0 Å². The van der Waals surface area contributed by atoms with Crippen LogP contribution in [-0.2, 0) is 35.1 Å². The van der Waals surface area contributed by atoms with Gasteiger partial charge in [-0.2, -0.15) is 0 Å². The van der Waals surface area contributed by atoms with Crippen molar-refractivity contribution >= 4 is 41.5 Å². The lowest BCUT2D eigenvalue weighted by atomic mass is 9.68. The van der Waals surface area contributed by atoms with Gasteiger partial charge in [0.2, 0.25) is 18.0 Å². The SMILES string of the molecule is N[C@@H](CCC(=O)N[C@@H](CS[C@@H]1CC2CCC(CC2)C[C@H]2CC(Cc3ccncc3)=C[C@H]3C(=O)OC1=C23)C(=O)N[C@@H](O)C(=O)O)C(=O)O. The summed E-state index contributed by atoms with van der Waals surface area (Å²) in [6.07, 6.45) is 10.5. The van der Waals surface area contributed by atoms with Crippen molar-refractivity contribution in [3.8, 4) is 0 Å². The summed E-state index contributed by atoms with van der Waals surface area (Å²) in [6, 6.07) is 1.43. The maximum atomic E-state index is 13.4. The maximum Gasteiger partial charge on any atom is 0.353 e. The van der Waals surface area contributed by atoms with Gasteiger partial charge < -0.3 is 36.4 Å². The smallest absolute Gasteiger partial charge is 0.353 e. The number of carbonyl (C=O) groups is 5. The number of fused-ring (bicyclic) bond motifs is 3. The van der Waals surface area contributed by atoms with Crippen LogP contribution in [0.5, 0.6) is 0 Å². The standard InChI is InChI=1S/C33H42N4O9S/c34-23(31(41)42)5-6-26(38)36-24(29(39)37-30(40)32(43)44)16-47-25-15-18-3-1-17(2-4-18)12-21-13-20(11-19-7-9-35-10-8-19)14-22-27(21)28(25)46-33(22)45/h7-10,14,17-18,21-25,30,40H,1-6,11-13,15-16,34H2,(H,36,38)(H,37,39)(H,41,42)(H,43,44)/t17?,18?,21-,22+,23-,24-,25+,30-/m0/s1. The van der Waals surface area contributed by atoms with Gasteiger partial charge >= 0.3 is 17.9 Å². The molecule has 2 amide bonds. The lowest BCUT2D eigenvalue weighted by Gasteiger charge is -2.37. The number of ether oxygens (including phenoxy) is 1. The van der Waals surface area contributed by atoms with Crippen LogP contribution in [0, 0.1) is 23.7 Å². The highest BCUT2D eigenvalue weighted by Gasteiger charge is 2.46. The molecule has 2 bridgehead atoms. The van der Waals surface area contributed by atoms with Gasteiger partial charge in [-0.3, -0.25) is 24.2 Å². The summed E-state index contributed by atoms with van der Waals surface area (Å²) >= 11 is 1.35. The molecule has 1 aliphatic heterocycles. The van der Waals surface area contributed by atoms with E-state index in [1.807, 2.05) is 23.5 Å². The number of aromatic nitrogens is 1. The minimum atomic E-state index is -2.19. The van der Waals surface area contributed by atoms with Crippen molar-refractivity contribution in [1.29, 1.82) is 0 Å². The minimum absolute atomic E-state index is 0.0122. The molecule has 6 rings (SSSR count). The third-order valence-corrected chi connectivity index (χ3v) is 11.0. The van der Waals surface area contributed by atoms with Gasteiger partial charge in [0, 0.05) is 24.6 Å². The number of rotatable bonds is 13.